The van der Waals surface area contributed by atoms with E-state index in [0.717, 1.165) is 22.6 Å². The summed E-state index contributed by atoms with van der Waals surface area (Å²) in [6, 6.07) is 5.93. The largest absolute Gasteiger partial charge is 0.489 e. The van der Waals surface area contributed by atoms with Crippen LogP contribution in [0, 0.1) is 4.77 Å². The first-order valence-corrected chi connectivity index (χ1v) is 7.18. The van der Waals surface area contributed by atoms with Gasteiger partial charge in [0.15, 0.2) is 10.6 Å². The summed E-state index contributed by atoms with van der Waals surface area (Å²) in [5.41, 5.74) is 1.92. The van der Waals surface area contributed by atoms with Gasteiger partial charge in [0.25, 0.3) is 0 Å². The molecule has 0 radical (unpaired) electrons. The van der Waals surface area contributed by atoms with Crippen LogP contribution in [0.2, 0.25) is 0 Å². The number of imidazole rings is 1. The van der Waals surface area contributed by atoms with E-state index in [-0.39, 0.29) is 6.10 Å². The van der Waals surface area contributed by atoms with Crippen LogP contribution in [0.15, 0.2) is 24.5 Å². The number of para-hydroxylation sites is 1. The molecular formula is C14H17N5OS. The van der Waals surface area contributed by atoms with Crippen LogP contribution in [0.3, 0.4) is 0 Å². The molecule has 3 rings (SSSR count). The van der Waals surface area contributed by atoms with Gasteiger partial charge in [-0.15, -0.1) is 10.2 Å². The molecule has 0 aliphatic carbocycles. The lowest BCUT2D eigenvalue weighted by molar-refractivity contribution is 0.245. The maximum atomic E-state index is 5.83. The second-order valence-corrected chi connectivity index (χ2v) is 5.58. The molecule has 0 saturated heterocycles. The number of hydrogen-bond donors (Lipinski definition) is 1. The summed E-state index contributed by atoms with van der Waals surface area (Å²) in [7, 11) is 1.92. The van der Waals surface area contributed by atoms with Crippen molar-refractivity contribution in [2.45, 2.75) is 26.5 Å². The molecule has 21 heavy (non-hydrogen) atoms. The van der Waals surface area contributed by atoms with Crippen LogP contribution in [0.5, 0.6) is 5.75 Å². The van der Waals surface area contributed by atoms with Gasteiger partial charge >= 0.3 is 0 Å². The monoisotopic (exact) mass is 303 g/mol. The number of ether oxygens (including phenoxy) is 1. The predicted octanol–water partition coefficient (Wildman–Crippen LogP) is 2.66. The quantitative estimate of drug-likeness (QED) is 0.753. The Bertz CT molecular complexity index is 829. The highest BCUT2D eigenvalue weighted by Gasteiger charge is 2.12. The number of rotatable bonds is 4. The van der Waals surface area contributed by atoms with Gasteiger partial charge in [0.2, 0.25) is 0 Å². The van der Waals surface area contributed by atoms with Crippen LogP contribution in [-0.2, 0) is 13.6 Å². The highest BCUT2D eigenvalue weighted by molar-refractivity contribution is 7.71. The van der Waals surface area contributed by atoms with Crippen molar-refractivity contribution in [2.24, 2.45) is 7.05 Å². The van der Waals surface area contributed by atoms with E-state index in [2.05, 4.69) is 15.2 Å². The highest BCUT2D eigenvalue weighted by atomic mass is 32.1. The lowest BCUT2D eigenvalue weighted by Gasteiger charge is -2.10. The molecule has 0 fully saturated rings. The van der Waals surface area contributed by atoms with E-state index in [1.54, 1.807) is 6.33 Å². The second-order valence-electron chi connectivity index (χ2n) is 5.19. The Morgan fingerprint density at radius 3 is 2.86 bits per heavy atom. The summed E-state index contributed by atoms with van der Waals surface area (Å²) >= 11 is 5.44. The van der Waals surface area contributed by atoms with Crippen LogP contribution < -0.4 is 4.74 Å². The molecule has 110 valence electrons. The van der Waals surface area contributed by atoms with Gasteiger partial charge in [-0.1, -0.05) is 6.07 Å². The molecule has 2 heterocycles. The zero-order valence-corrected chi connectivity index (χ0v) is 13.0. The average molecular weight is 303 g/mol. The molecule has 0 bridgehead atoms. The number of fused-ring (bicyclic) bond motifs is 1. The summed E-state index contributed by atoms with van der Waals surface area (Å²) < 4.78 is 10.4. The molecule has 0 saturated carbocycles. The standard InChI is InChI=1S/C14H17N5OS/c1-9(2)20-11-6-4-5-10-13(11)16-14(21)19(10)7-12-17-15-8-18(12)3/h4-6,8-9H,7H2,1-3H3,(H,16,21). The Morgan fingerprint density at radius 2 is 2.19 bits per heavy atom. The van der Waals surface area contributed by atoms with Gasteiger partial charge in [-0.25, -0.2) is 0 Å². The van der Waals surface area contributed by atoms with Crippen molar-refractivity contribution >= 4 is 23.3 Å². The minimum atomic E-state index is 0.111. The molecule has 1 N–H and O–H groups in total. The molecule has 0 amide bonds. The maximum Gasteiger partial charge on any atom is 0.178 e. The number of aromatic amines is 1. The highest BCUT2D eigenvalue weighted by Crippen LogP contribution is 2.26. The Hall–Kier alpha value is -2.15. The first-order chi connectivity index (χ1) is 10.1. The van der Waals surface area contributed by atoms with Gasteiger partial charge < -0.3 is 18.9 Å². The van der Waals surface area contributed by atoms with Gasteiger partial charge in [-0.3, -0.25) is 0 Å². The Balaban J connectivity index is 2.10. The first-order valence-electron chi connectivity index (χ1n) is 6.77. The van der Waals surface area contributed by atoms with E-state index in [4.69, 9.17) is 17.0 Å². The third-order valence-electron chi connectivity index (χ3n) is 3.24. The number of aromatic nitrogens is 5. The van der Waals surface area contributed by atoms with Crippen molar-refractivity contribution in [3.63, 3.8) is 0 Å². The first kappa shape index (κ1) is 13.8. The summed E-state index contributed by atoms with van der Waals surface area (Å²) in [6.07, 6.45) is 1.79. The third-order valence-corrected chi connectivity index (χ3v) is 3.56. The van der Waals surface area contributed by atoms with E-state index in [1.165, 1.54) is 0 Å². The van der Waals surface area contributed by atoms with Gasteiger partial charge in [0.05, 0.1) is 18.2 Å². The third kappa shape index (κ3) is 2.56. The second kappa shape index (κ2) is 5.33. The van der Waals surface area contributed by atoms with E-state index >= 15 is 0 Å². The number of hydrogen-bond acceptors (Lipinski definition) is 4. The van der Waals surface area contributed by atoms with Crippen LogP contribution >= 0.6 is 12.2 Å². The predicted molar refractivity (Wildman–Crippen MR) is 83.0 cm³/mol. The van der Waals surface area contributed by atoms with E-state index in [1.807, 2.05) is 48.2 Å². The fourth-order valence-corrected chi connectivity index (χ4v) is 2.52. The number of H-pyrrole nitrogens is 1. The van der Waals surface area contributed by atoms with Gasteiger partial charge in [0, 0.05) is 7.05 Å². The zero-order valence-electron chi connectivity index (χ0n) is 12.2. The van der Waals surface area contributed by atoms with Crippen LogP contribution in [0.4, 0.5) is 0 Å². The Labute approximate surface area is 127 Å². The number of aryl methyl sites for hydroxylation is 1. The van der Waals surface area contributed by atoms with Crippen molar-refractivity contribution in [2.75, 3.05) is 0 Å². The molecule has 6 nitrogen and oxygen atoms in total. The summed E-state index contributed by atoms with van der Waals surface area (Å²) in [5.74, 6) is 1.66. The van der Waals surface area contributed by atoms with Crippen LogP contribution in [-0.4, -0.2) is 30.4 Å². The minimum Gasteiger partial charge on any atom is -0.489 e. The topological polar surface area (TPSA) is 60.7 Å². The summed E-state index contributed by atoms with van der Waals surface area (Å²) in [4.78, 5) is 3.23. The van der Waals surface area contributed by atoms with Crippen molar-refractivity contribution in [3.05, 3.63) is 35.1 Å². The molecular weight excluding hydrogens is 286 g/mol. The molecule has 2 aromatic heterocycles. The molecule has 0 spiro atoms. The van der Waals surface area contributed by atoms with Crippen molar-refractivity contribution in [1.82, 2.24) is 24.3 Å². The fraction of sp³-hybridized carbons (Fsp3) is 0.357. The van der Waals surface area contributed by atoms with Crippen molar-refractivity contribution in [1.29, 1.82) is 0 Å². The molecule has 0 aliphatic heterocycles. The van der Waals surface area contributed by atoms with Gasteiger partial charge in [-0.05, 0) is 38.2 Å². The Kier molecular flexibility index (Phi) is 3.50. The minimum absolute atomic E-state index is 0.111. The molecule has 7 heteroatoms. The van der Waals surface area contributed by atoms with Gasteiger partial charge in [0.1, 0.15) is 17.6 Å². The fourth-order valence-electron chi connectivity index (χ4n) is 2.25. The lowest BCUT2D eigenvalue weighted by Crippen LogP contribution is -2.07. The lowest BCUT2D eigenvalue weighted by atomic mass is 10.3. The normalized spacial score (nSPS) is 11.4. The number of nitrogens with one attached hydrogen (secondary N) is 1. The van der Waals surface area contributed by atoms with Crippen molar-refractivity contribution in [3.8, 4) is 5.75 Å². The average Bonchev–Trinajstić information content (AvgIpc) is 2.96. The van der Waals surface area contributed by atoms with E-state index in [9.17, 15) is 0 Å². The van der Waals surface area contributed by atoms with E-state index < -0.39 is 0 Å². The van der Waals surface area contributed by atoms with Crippen LogP contribution in [0.1, 0.15) is 19.7 Å². The zero-order chi connectivity index (χ0) is 15.0. The van der Waals surface area contributed by atoms with Crippen molar-refractivity contribution < 1.29 is 4.74 Å². The molecule has 3 aromatic rings. The molecule has 0 aliphatic rings. The SMILES string of the molecule is CC(C)Oc1cccc2c1[nH]c(=S)n2Cc1nncn1C. The smallest absolute Gasteiger partial charge is 0.178 e. The maximum absolute atomic E-state index is 5.83. The number of benzene rings is 1. The van der Waals surface area contributed by atoms with E-state index in [0.29, 0.717) is 11.3 Å². The molecule has 0 atom stereocenters. The number of nitrogens with zero attached hydrogens (tertiary/aromatic N) is 4. The summed E-state index contributed by atoms with van der Waals surface area (Å²) in [6.45, 7) is 4.58. The summed E-state index contributed by atoms with van der Waals surface area (Å²) in [5, 5.41) is 8.01. The van der Waals surface area contributed by atoms with Gasteiger partial charge in [-0.2, -0.15) is 0 Å². The van der Waals surface area contributed by atoms with Crippen LogP contribution in [0.25, 0.3) is 11.0 Å². The molecule has 1 aromatic carbocycles. The molecule has 0 unspecified atom stereocenters. The Morgan fingerprint density at radius 1 is 1.38 bits per heavy atom.